The van der Waals surface area contributed by atoms with Crippen molar-refractivity contribution in [1.82, 2.24) is 9.59 Å². The second-order valence-corrected chi connectivity index (χ2v) is 7.23. The molecule has 0 atom stereocenters. The standard InChI is InChI=1S/C11H10ClN3O4S2/c1-6-10(20-15-14-6)11(16)13-7-3-4-8(19-2)9(5-7)21(12,17)18/h3-5H,1-2H3,(H,13,16). The lowest BCUT2D eigenvalue weighted by molar-refractivity contribution is 0.102. The number of carbonyl (C=O) groups excluding carboxylic acids is 1. The van der Waals surface area contributed by atoms with Crippen molar-refractivity contribution in [3.8, 4) is 5.75 Å². The molecule has 21 heavy (non-hydrogen) atoms. The second-order valence-electron chi connectivity index (χ2n) is 3.95. The van der Waals surface area contributed by atoms with Crippen molar-refractivity contribution in [2.45, 2.75) is 11.8 Å². The van der Waals surface area contributed by atoms with E-state index < -0.39 is 15.0 Å². The fraction of sp³-hybridized carbons (Fsp3) is 0.182. The van der Waals surface area contributed by atoms with Gasteiger partial charge in [0.1, 0.15) is 15.5 Å². The van der Waals surface area contributed by atoms with Gasteiger partial charge in [0.25, 0.3) is 15.0 Å². The molecular weight excluding hydrogens is 338 g/mol. The number of nitrogens with one attached hydrogen (secondary N) is 1. The van der Waals surface area contributed by atoms with Crippen LogP contribution in [0, 0.1) is 6.92 Å². The molecule has 0 aliphatic rings. The SMILES string of the molecule is COc1ccc(NC(=O)c2snnc2C)cc1S(=O)(=O)Cl. The number of methoxy groups -OCH3 is 1. The summed E-state index contributed by atoms with van der Waals surface area (Å²) in [5.41, 5.74) is 0.768. The highest BCUT2D eigenvalue weighted by Gasteiger charge is 2.19. The Labute approximate surface area is 129 Å². The number of halogens is 1. The van der Waals surface area contributed by atoms with Crippen LogP contribution < -0.4 is 10.1 Å². The van der Waals surface area contributed by atoms with Gasteiger partial charge in [-0.2, -0.15) is 0 Å². The number of amides is 1. The number of carbonyl (C=O) groups is 1. The molecule has 1 heterocycles. The zero-order valence-electron chi connectivity index (χ0n) is 11.0. The van der Waals surface area contributed by atoms with Gasteiger partial charge in [-0.1, -0.05) is 4.49 Å². The summed E-state index contributed by atoms with van der Waals surface area (Å²) in [4.78, 5) is 12.1. The van der Waals surface area contributed by atoms with Gasteiger partial charge >= 0.3 is 0 Å². The number of hydrogen-bond acceptors (Lipinski definition) is 7. The minimum Gasteiger partial charge on any atom is -0.495 e. The Morgan fingerprint density at radius 3 is 2.67 bits per heavy atom. The van der Waals surface area contributed by atoms with Gasteiger partial charge < -0.3 is 10.1 Å². The molecule has 0 saturated carbocycles. The largest absolute Gasteiger partial charge is 0.495 e. The average Bonchev–Trinajstić information content (AvgIpc) is 2.84. The lowest BCUT2D eigenvalue weighted by atomic mass is 10.3. The number of rotatable bonds is 4. The van der Waals surface area contributed by atoms with Crippen LogP contribution in [0.15, 0.2) is 23.1 Å². The topological polar surface area (TPSA) is 98.2 Å². The summed E-state index contributed by atoms with van der Waals surface area (Å²) in [6.45, 7) is 1.65. The summed E-state index contributed by atoms with van der Waals surface area (Å²) in [6, 6.07) is 4.14. The number of aromatic nitrogens is 2. The summed E-state index contributed by atoms with van der Waals surface area (Å²) in [5, 5.41) is 6.30. The Morgan fingerprint density at radius 1 is 1.43 bits per heavy atom. The van der Waals surface area contributed by atoms with Gasteiger partial charge in [-0.3, -0.25) is 4.79 Å². The Kier molecular flexibility index (Phi) is 4.45. The first kappa shape index (κ1) is 15.7. The van der Waals surface area contributed by atoms with E-state index in [1.165, 1.54) is 25.3 Å². The molecule has 10 heteroatoms. The van der Waals surface area contributed by atoms with E-state index in [9.17, 15) is 13.2 Å². The lowest BCUT2D eigenvalue weighted by Gasteiger charge is -2.09. The van der Waals surface area contributed by atoms with Crippen molar-refractivity contribution in [3.63, 3.8) is 0 Å². The molecule has 0 fully saturated rings. The molecule has 0 spiro atoms. The Bertz CT molecular complexity index is 789. The average molecular weight is 348 g/mol. The van der Waals surface area contributed by atoms with E-state index in [0.717, 1.165) is 11.5 Å². The quantitative estimate of drug-likeness (QED) is 0.850. The number of hydrogen-bond donors (Lipinski definition) is 1. The summed E-state index contributed by atoms with van der Waals surface area (Å²) in [5.74, 6) is -0.329. The highest BCUT2D eigenvalue weighted by atomic mass is 35.7. The van der Waals surface area contributed by atoms with Gasteiger partial charge in [-0.05, 0) is 36.7 Å². The van der Waals surface area contributed by atoms with Crippen LogP contribution in [-0.4, -0.2) is 31.0 Å². The maximum Gasteiger partial charge on any atom is 0.269 e. The first-order valence-corrected chi connectivity index (χ1v) is 8.64. The molecule has 0 radical (unpaired) electrons. The molecule has 1 aromatic carbocycles. The van der Waals surface area contributed by atoms with E-state index in [1.807, 2.05) is 0 Å². The third kappa shape index (κ3) is 3.49. The van der Waals surface area contributed by atoms with E-state index in [4.69, 9.17) is 15.4 Å². The predicted molar refractivity (Wildman–Crippen MR) is 78.6 cm³/mol. The lowest BCUT2D eigenvalue weighted by Crippen LogP contribution is -2.12. The van der Waals surface area contributed by atoms with Gasteiger partial charge in [0.2, 0.25) is 0 Å². The van der Waals surface area contributed by atoms with Gasteiger partial charge in [0.05, 0.1) is 12.8 Å². The minimum absolute atomic E-state index is 0.0960. The minimum atomic E-state index is -3.99. The zero-order valence-corrected chi connectivity index (χ0v) is 13.3. The van der Waals surface area contributed by atoms with Crippen LogP contribution in [-0.2, 0) is 9.05 Å². The summed E-state index contributed by atoms with van der Waals surface area (Å²) in [6.07, 6.45) is 0. The molecule has 0 aliphatic carbocycles. The number of aryl methyl sites for hydroxylation is 1. The molecule has 0 saturated heterocycles. The highest BCUT2D eigenvalue weighted by molar-refractivity contribution is 8.13. The molecule has 2 rings (SSSR count). The van der Waals surface area contributed by atoms with Crippen molar-refractivity contribution < 1.29 is 17.9 Å². The molecular formula is C11H10ClN3O4S2. The normalized spacial score (nSPS) is 11.2. The molecule has 0 unspecified atom stereocenters. The maximum atomic E-state index is 12.0. The molecule has 0 aliphatic heterocycles. The monoisotopic (exact) mass is 347 g/mol. The van der Waals surface area contributed by atoms with E-state index in [1.54, 1.807) is 6.92 Å². The van der Waals surface area contributed by atoms with Crippen LogP contribution in [0.25, 0.3) is 0 Å². The molecule has 1 aromatic heterocycles. The van der Waals surface area contributed by atoms with Gasteiger partial charge in [-0.15, -0.1) is 5.10 Å². The van der Waals surface area contributed by atoms with Crippen LogP contribution >= 0.6 is 22.2 Å². The van der Waals surface area contributed by atoms with Crippen LogP contribution in [0.3, 0.4) is 0 Å². The molecule has 112 valence electrons. The number of benzene rings is 1. The fourth-order valence-corrected chi connectivity index (χ4v) is 3.15. The predicted octanol–water partition coefficient (Wildman–Crippen LogP) is 2.03. The summed E-state index contributed by atoms with van der Waals surface area (Å²) < 4.78 is 31.6. The smallest absolute Gasteiger partial charge is 0.269 e. The molecule has 1 amide bonds. The van der Waals surface area contributed by atoms with Crippen LogP contribution in [0.5, 0.6) is 5.75 Å². The van der Waals surface area contributed by atoms with Crippen molar-refractivity contribution >= 4 is 42.9 Å². The van der Waals surface area contributed by atoms with Gasteiger partial charge in [0, 0.05) is 16.4 Å². The van der Waals surface area contributed by atoms with E-state index in [2.05, 4.69) is 14.9 Å². The Balaban J connectivity index is 2.34. The van der Waals surface area contributed by atoms with E-state index >= 15 is 0 Å². The first-order valence-electron chi connectivity index (χ1n) is 5.56. The number of nitrogens with zero attached hydrogens (tertiary/aromatic N) is 2. The molecule has 1 N–H and O–H groups in total. The van der Waals surface area contributed by atoms with Crippen molar-refractivity contribution in [2.24, 2.45) is 0 Å². The Hall–Kier alpha value is -1.71. The van der Waals surface area contributed by atoms with E-state index in [0.29, 0.717) is 10.6 Å². The van der Waals surface area contributed by atoms with Crippen molar-refractivity contribution in [3.05, 3.63) is 28.8 Å². The van der Waals surface area contributed by atoms with Crippen molar-refractivity contribution in [2.75, 3.05) is 12.4 Å². The molecule has 7 nitrogen and oxygen atoms in total. The third-order valence-corrected chi connectivity index (χ3v) is 4.71. The zero-order chi connectivity index (χ0) is 15.6. The van der Waals surface area contributed by atoms with Crippen molar-refractivity contribution in [1.29, 1.82) is 0 Å². The number of ether oxygens (including phenoxy) is 1. The van der Waals surface area contributed by atoms with Crippen LogP contribution in [0.2, 0.25) is 0 Å². The number of anilines is 1. The fourth-order valence-electron chi connectivity index (χ4n) is 1.57. The van der Waals surface area contributed by atoms with E-state index in [-0.39, 0.29) is 16.3 Å². The van der Waals surface area contributed by atoms with Gasteiger partial charge in [0.15, 0.2) is 0 Å². The first-order chi connectivity index (χ1) is 9.82. The highest BCUT2D eigenvalue weighted by Crippen LogP contribution is 2.30. The van der Waals surface area contributed by atoms with Crippen LogP contribution in [0.1, 0.15) is 15.4 Å². The molecule has 2 aromatic rings. The summed E-state index contributed by atoms with van der Waals surface area (Å²) in [7, 11) is 2.67. The third-order valence-electron chi connectivity index (χ3n) is 2.54. The Morgan fingerprint density at radius 2 is 2.14 bits per heavy atom. The second kappa shape index (κ2) is 5.96. The van der Waals surface area contributed by atoms with Gasteiger partial charge in [-0.25, -0.2) is 8.42 Å². The molecule has 0 bridgehead atoms. The maximum absolute atomic E-state index is 12.0. The van der Waals surface area contributed by atoms with Crippen LogP contribution in [0.4, 0.5) is 5.69 Å². The summed E-state index contributed by atoms with van der Waals surface area (Å²) >= 11 is 0.952.